The van der Waals surface area contributed by atoms with Crippen LogP contribution in [0.15, 0.2) is 24.3 Å². The number of carbonyl (C=O) groups excluding carboxylic acids is 1. The summed E-state index contributed by atoms with van der Waals surface area (Å²) in [5.74, 6) is 0.464. The molecular formula is C18H25NO5. The molecule has 2 atom stereocenters. The van der Waals surface area contributed by atoms with E-state index in [1.807, 2.05) is 31.2 Å². The highest BCUT2D eigenvalue weighted by Crippen LogP contribution is 2.22. The molecule has 1 aliphatic heterocycles. The predicted molar refractivity (Wildman–Crippen MR) is 89.2 cm³/mol. The van der Waals surface area contributed by atoms with Crippen molar-refractivity contribution in [3.63, 3.8) is 0 Å². The fraction of sp³-hybridized carbons (Fsp3) is 0.556. The van der Waals surface area contributed by atoms with E-state index >= 15 is 0 Å². The van der Waals surface area contributed by atoms with Gasteiger partial charge in [-0.3, -0.25) is 9.59 Å². The summed E-state index contributed by atoms with van der Waals surface area (Å²) >= 11 is 0. The maximum atomic E-state index is 12.3. The number of carboxylic acid groups (broad SMARTS) is 1. The summed E-state index contributed by atoms with van der Waals surface area (Å²) in [7, 11) is 1.61. The molecule has 132 valence electrons. The third-order valence-electron chi connectivity index (χ3n) is 4.22. The molecular weight excluding hydrogens is 310 g/mol. The molecule has 0 radical (unpaired) electrons. The van der Waals surface area contributed by atoms with Gasteiger partial charge >= 0.3 is 5.97 Å². The Labute approximate surface area is 142 Å². The van der Waals surface area contributed by atoms with Gasteiger partial charge in [0.2, 0.25) is 5.91 Å². The Morgan fingerprint density at radius 1 is 1.21 bits per heavy atom. The highest BCUT2D eigenvalue weighted by molar-refractivity contribution is 5.78. The van der Waals surface area contributed by atoms with E-state index < -0.39 is 11.9 Å². The summed E-state index contributed by atoms with van der Waals surface area (Å²) < 4.78 is 10.7. The van der Waals surface area contributed by atoms with Crippen molar-refractivity contribution in [1.29, 1.82) is 0 Å². The molecule has 1 saturated heterocycles. The zero-order chi connectivity index (χ0) is 17.5. The Balaban J connectivity index is 1.73. The summed E-state index contributed by atoms with van der Waals surface area (Å²) in [6.07, 6.45) is 1.61. The van der Waals surface area contributed by atoms with Crippen LogP contribution in [-0.4, -0.2) is 48.7 Å². The molecule has 2 unspecified atom stereocenters. The molecule has 6 nitrogen and oxygen atoms in total. The maximum Gasteiger partial charge on any atom is 0.308 e. The lowest BCUT2D eigenvalue weighted by atomic mass is 9.90. The lowest BCUT2D eigenvalue weighted by molar-refractivity contribution is -0.147. The number of piperidine rings is 1. The molecule has 1 amide bonds. The average Bonchev–Trinajstić information content (AvgIpc) is 2.58. The van der Waals surface area contributed by atoms with Crippen LogP contribution in [0.2, 0.25) is 0 Å². The van der Waals surface area contributed by atoms with Crippen molar-refractivity contribution < 1.29 is 24.2 Å². The molecule has 2 rings (SSSR count). The highest BCUT2D eigenvalue weighted by atomic mass is 16.5. The van der Waals surface area contributed by atoms with Gasteiger partial charge in [-0.2, -0.15) is 0 Å². The first-order chi connectivity index (χ1) is 11.5. The number of hydrogen-bond acceptors (Lipinski definition) is 4. The van der Waals surface area contributed by atoms with E-state index in [-0.39, 0.29) is 11.8 Å². The normalized spacial score (nSPS) is 20.5. The van der Waals surface area contributed by atoms with Crippen LogP contribution in [0.4, 0.5) is 0 Å². The fourth-order valence-electron chi connectivity index (χ4n) is 2.98. The lowest BCUT2D eigenvalue weighted by Crippen LogP contribution is -2.45. The number of carboxylic acids is 1. The number of likely N-dealkylation sites (tertiary alicyclic amines) is 1. The number of ether oxygens (including phenoxy) is 2. The summed E-state index contributed by atoms with van der Waals surface area (Å²) in [5.41, 5.74) is 0. The van der Waals surface area contributed by atoms with Crippen LogP contribution in [-0.2, 0) is 9.59 Å². The highest BCUT2D eigenvalue weighted by Gasteiger charge is 2.31. The van der Waals surface area contributed by atoms with Crippen molar-refractivity contribution in [1.82, 2.24) is 4.90 Å². The lowest BCUT2D eigenvalue weighted by Gasteiger charge is -2.34. The SMILES string of the molecule is COc1ccc(OCCCC(=O)N2CC(C)CC(C(=O)O)C2)cc1. The van der Waals surface area contributed by atoms with Crippen molar-refractivity contribution >= 4 is 11.9 Å². The molecule has 0 saturated carbocycles. The van der Waals surface area contributed by atoms with Crippen LogP contribution in [0.25, 0.3) is 0 Å². The molecule has 1 fully saturated rings. The van der Waals surface area contributed by atoms with Crippen LogP contribution in [0, 0.1) is 11.8 Å². The molecule has 0 spiro atoms. The number of nitrogens with zero attached hydrogens (tertiary/aromatic N) is 1. The molecule has 1 N–H and O–H groups in total. The summed E-state index contributed by atoms with van der Waals surface area (Å²) in [6.45, 7) is 3.39. The average molecular weight is 335 g/mol. The Bertz CT molecular complexity index is 557. The van der Waals surface area contributed by atoms with Crippen molar-refractivity contribution in [2.24, 2.45) is 11.8 Å². The molecule has 1 aromatic rings. The second-order valence-electron chi connectivity index (χ2n) is 6.30. The minimum absolute atomic E-state index is 0.00568. The molecule has 1 heterocycles. The molecule has 6 heteroatoms. The zero-order valence-electron chi connectivity index (χ0n) is 14.2. The van der Waals surface area contributed by atoms with Crippen molar-refractivity contribution in [3.8, 4) is 11.5 Å². The number of amides is 1. The number of hydrogen-bond donors (Lipinski definition) is 1. The van der Waals surface area contributed by atoms with Crippen molar-refractivity contribution in [3.05, 3.63) is 24.3 Å². The standard InChI is InChI=1S/C18H25NO5/c1-13-10-14(18(21)22)12-19(11-13)17(20)4-3-9-24-16-7-5-15(23-2)6-8-16/h5-8,13-14H,3-4,9-12H2,1-2H3,(H,21,22). The van der Waals surface area contributed by atoms with E-state index in [4.69, 9.17) is 14.6 Å². The summed E-state index contributed by atoms with van der Waals surface area (Å²) in [6, 6.07) is 7.29. The Hall–Kier alpha value is -2.24. The topological polar surface area (TPSA) is 76.1 Å². The minimum Gasteiger partial charge on any atom is -0.497 e. The van der Waals surface area contributed by atoms with Gasteiger partial charge in [0.05, 0.1) is 19.6 Å². The second kappa shape index (κ2) is 8.57. The van der Waals surface area contributed by atoms with Gasteiger partial charge in [-0.25, -0.2) is 0 Å². The van der Waals surface area contributed by atoms with E-state index in [2.05, 4.69) is 0 Å². The summed E-state index contributed by atoms with van der Waals surface area (Å²) in [5, 5.41) is 9.17. The van der Waals surface area contributed by atoms with E-state index in [0.29, 0.717) is 39.0 Å². The molecule has 1 aromatic carbocycles. The van der Waals surface area contributed by atoms with Crippen molar-refractivity contribution in [2.75, 3.05) is 26.8 Å². The van der Waals surface area contributed by atoms with Crippen LogP contribution >= 0.6 is 0 Å². The van der Waals surface area contributed by atoms with E-state index in [9.17, 15) is 9.59 Å². The van der Waals surface area contributed by atoms with Gasteiger partial charge in [-0.1, -0.05) is 6.92 Å². The van der Waals surface area contributed by atoms with E-state index in [0.717, 1.165) is 11.5 Å². The predicted octanol–water partition coefficient (Wildman–Crippen LogP) is 2.42. The zero-order valence-corrected chi connectivity index (χ0v) is 14.2. The number of benzene rings is 1. The Morgan fingerprint density at radius 2 is 1.88 bits per heavy atom. The minimum atomic E-state index is -0.817. The third-order valence-corrected chi connectivity index (χ3v) is 4.22. The van der Waals surface area contributed by atoms with Crippen molar-refractivity contribution in [2.45, 2.75) is 26.2 Å². The van der Waals surface area contributed by atoms with Crippen LogP contribution in [0.5, 0.6) is 11.5 Å². The monoisotopic (exact) mass is 335 g/mol. The van der Waals surface area contributed by atoms with E-state index in [1.54, 1.807) is 12.0 Å². The first kappa shape index (κ1) is 18.1. The molecule has 0 aromatic heterocycles. The van der Waals surface area contributed by atoms with Gasteiger partial charge in [-0.05, 0) is 43.0 Å². The fourth-order valence-corrected chi connectivity index (χ4v) is 2.98. The largest absolute Gasteiger partial charge is 0.497 e. The van der Waals surface area contributed by atoms with Crippen LogP contribution < -0.4 is 9.47 Å². The van der Waals surface area contributed by atoms with Crippen LogP contribution in [0.3, 0.4) is 0 Å². The molecule has 0 aliphatic carbocycles. The maximum absolute atomic E-state index is 12.3. The first-order valence-electron chi connectivity index (χ1n) is 8.27. The Morgan fingerprint density at radius 3 is 2.50 bits per heavy atom. The molecule has 1 aliphatic rings. The number of rotatable bonds is 7. The van der Waals surface area contributed by atoms with Gasteiger partial charge in [0.1, 0.15) is 11.5 Å². The van der Waals surface area contributed by atoms with Gasteiger partial charge in [0.15, 0.2) is 0 Å². The quantitative estimate of drug-likeness (QED) is 0.775. The van der Waals surface area contributed by atoms with Gasteiger partial charge in [0, 0.05) is 19.5 Å². The van der Waals surface area contributed by atoms with Gasteiger partial charge in [0.25, 0.3) is 0 Å². The van der Waals surface area contributed by atoms with E-state index in [1.165, 1.54) is 0 Å². The molecule has 24 heavy (non-hydrogen) atoms. The summed E-state index contributed by atoms with van der Waals surface area (Å²) in [4.78, 5) is 25.1. The third kappa shape index (κ3) is 5.15. The van der Waals surface area contributed by atoms with Gasteiger partial charge < -0.3 is 19.5 Å². The number of aliphatic carboxylic acids is 1. The molecule has 0 bridgehead atoms. The first-order valence-corrected chi connectivity index (χ1v) is 8.27. The Kier molecular flexibility index (Phi) is 6.46. The smallest absolute Gasteiger partial charge is 0.308 e. The van der Waals surface area contributed by atoms with Crippen LogP contribution in [0.1, 0.15) is 26.2 Å². The van der Waals surface area contributed by atoms with Gasteiger partial charge in [-0.15, -0.1) is 0 Å². The number of methoxy groups -OCH3 is 1. The number of carbonyl (C=O) groups is 2. The second-order valence-corrected chi connectivity index (χ2v) is 6.30.